The third kappa shape index (κ3) is 6.40. The minimum atomic E-state index is -0.280. The van der Waals surface area contributed by atoms with E-state index in [1.807, 2.05) is 31.2 Å². The minimum Gasteiger partial charge on any atom is -0.493 e. The van der Waals surface area contributed by atoms with Crippen LogP contribution in [0.15, 0.2) is 48.5 Å². The van der Waals surface area contributed by atoms with Crippen LogP contribution >= 0.6 is 0 Å². The first kappa shape index (κ1) is 27.5. The van der Waals surface area contributed by atoms with Crippen molar-refractivity contribution < 1.29 is 19.1 Å². The van der Waals surface area contributed by atoms with Crippen LogP contribution in [-0.4, -0.2) is 73.6 Å². The molecular formula is C32H43N3O4. The molecule has 3 aliphatic heterocycles. The highest BCUT2D eigenvalue weighted by Gasteiger charge is 2.45. The Bertz CT molecular complexity index is 1130. The van der Waals surface area contributed by atoms with Crippen molar-refractivity contribution >= 4 is 11.8 Å². The maximum atomic E-state index is 14.1. The van der Waals surface area contributed by atoms with Crippen LogP contribution in [0.2, 0.25) is 0 Å². The predicted molar refractivity (Wildman–Crippen MR) is 152 cm³/mol. The molecule has 2 aromatic carbocycles. The number of aryl methyl sites for hydroxylation is 1. The molecule has 39 heavy (non-hydrogen) atoms. The average molecular weight is 534 g/mol. The third-order valence-corrected chi connectivity index (χ3v) is 8.81. The third-order valence-electron chi connectivity index (χ3n) is 8.81. The highest BCUT2D eigenvalue weighted by atomic mass is 16.5. The molecule has 0 aromatic heterocycles. The number of para-hydroxylation sites is 2. The summed E-state index contributed by atoms with van der Waals surface area (Å²) in [6.45, 7) is 6.99. The number of carbonyl (C=O) groups excluding carboxylic acids is 2. The van der Waals surface area contributed by atoms with Crippen molar-refractivity contribution in [2.75, 3.05) is 45.9 Å². The fourth-order valence-corrected chi connectivity index (χ4v) is 6.53. The van der Waals surface area contributed by atoms with E-state index < -0.39 is 0 Å². The summed E-state index contributed by atoms with van der Waals surface area (Å²) in [4.78, 5) is 31.4. The number of ether oxygens (including phenoxy) is 2. The maximum Gasteiger partial charge on any atom is 0.255 e. The van der Waals surface area contributed by atoms with E-state index in [9.17, 15) is 9.59 Å². The molecule has 2 amide bonds. The molecule has 210 valence electrons. The number of nitrogens with zero attached hydrogens (tertiary/aromatic N) is 2. The number of hydrogen-bond donors (Lipinski definition) is 1. The fourth-order valence-electron chi connectivity index (χ4n) is 6.53. The lowest BCUT2D eigenvalue weighted by molar-refractivity contribution is -0.147. The molecule has 1 N–H and O–H groups in total. The molecule has 0 bridgehead atoms. The van der Waals surface area contributed by atoms with Crippen molar-refractivity contribution in [3.63, 3.8) is 0 Å². The first-order valence-corrected chi connectivity index (χ1v) is 14.8. The van der Waals surface area contributed by atoms with Crippen LogP contribution in [0.4, 0.5) is 0 Å². The second kappa shape index (κ2) is 12.9. The smallest absolute Gasteiger partial charge is 0.255 e. The van der Waals surface area contributed by atoms with Gasteiger partial charge in [0.05, 0.1) is 23.6 Å². The summed E-state index contributed by atoms with van der Waals surface area (Å²) in [5.41, 5.74) is 1.57. The summed E-state index contributed by atoms with van der Waals surface area (Å²) in [6.07, 6.45) is 7.90. The van der Waals surface area contributed by atoms with Gasteiger partial charge in [0, 0.05) is 19.6 Å². The van der Waals surface area contributed by atoms with Crippen LogP contribution in [-0.2, 0) is 11.2 Å². The number of rotatable bonds is 6. The molecule has 5 rings (SSSR count). The highest BCUT2D eigenvalue weighted by molar-refractivity contribution is 5.96. The van der Waals surface area contributed by atoms with E-state index in [4.69, 9.17) is 9.47 Å². The molecule has 1 atom stereocenters. The summed E-state index contributed by atoms with van der Waals surface area (Å²) in [5, 5.41) is 3.06. The topological polar surface area (TPSA) is 71.1 Å². The average Bonchev–Trinajstić information content (AvgIpc) is 3.43. The van der Waals surface area contributed by atoms with Crippen LogP contribution in [0.5, 0.6) is 11.5 Å². The lowest BCUT2D eigenvalue weighted by Crippen LogP contribution is -2.53. The molecule has 7 heteroatoms. The zero-order valence-corrected chi connectivity index (χ0v) is 23.3. The zero-order chi connectivity index (χ0) is 27.1. The molecule has 1 spiro atoms. The minimum absolute atomic E-state index is 0.106. The normalized spacial score (nSPS) is 21.7. The molecule has 3 heterocycles. The quantitative estimate of drug-likeness (QED) is 0.583. The fraction of sp³-hybridized carbons (Fsp3) is 0.562. The molecule has 3 aliphatic rings. The molecule has 7 nitrogen and oxygen atoms in total. The number of amides is 2. The van der Waals surface area contributed by atoms with E-state index >= 15 is 0 Å². The van der Waals surface area contributed by atoms with Crippen LogP contribution in [0.25, 0.3) is 0 Å². The van der Waals surface area contributed by atoms with Gasteiger partial charge in [0.25, 0.3) is 5.91 Å². The van der Waals surface area contributed by atoms with Crippen LogP contribution < -0.4 is 14.8 Å². The molecule has 0 unspecified atom stereocenters. The summed E-state index contributed by atoms with van der Waals surface area (Å²) < 4.78 is 11.9. The number of hydrogen-bond acceptors (Lipinski definition) is 5. The van der Waals surface area contributed by atoms with Gasteiger partial charge in [-0.2, -0.15) is 0 Å². The van der Waals surface area contributed by atoms with Crippen LogP contribution in [0, 0.1) is 5.41 Å². The van der Waals surface area contributed by atoms with E-state index in [-0.39, 0.29) is 17.4 Å². The van der Waals surface area contributed by atoms with Crippen molar-refractivity contribution in [2.45, 2.75) is 64.3 Å². The van der Waals surface area contributed by atoms with Crippen molar-refractivity contribution in [3.05, 3.63) is 59.7 Å². The zero-order valence-electron chi connectivity index (χ0n) is 23.3. The molecule has 2 saturated heterocycles. The highest BCUT2D eigenvalue weighted by Crippen LogP contribution is 2.41. The second-order valence-electron chi connectivity index (χ2n) is 11.2. The van der Waals surface area contributed by atoms with Crippen molar-refractivity contribution in [2.24, 2.45) is 5.41 Å². The largest absolute Gasteiger partial charge is 0.493 e. The molecule has 2 fully saturated rings. The Hall–Kier alpha value is -3.06. The van der Waals surface area contributed by atoms with Crippen molar-refractivity contribution in [1.29, 1.82) is 0 Å². The van der Waals surface area contributed by atoms with E-state index in [1.165, 1.54) is 5.56 Å². The van der Waals surface area contributed by atoms with Gasteiger partial charge < -0.3 is 24.6 Å². The van der Waals surface area contributed by atoms with E-state index in [0.29, 0.717) is 37.0 Å². The summed E-state index contributed by atoms with van der Waals surface area (Å²) in [5.74, 6) is 1.84. The number of piperidine rings is 1. The number of nitrogens with one attached hydrogen (secondary N) is 1. The van der Waals surface area contributed by atoms with Crippen molar-refractivity contribution in [3.8, 4) is 11.5 Å². The lowest BCUT2D eigenvalue weighted by Gasteiger charge is -2.44. The van der Waals surface area contributed by atoms with Gasteiger partial charge in [-0.05, 0) is 88.7 Å². The van der Waals surface area contributed by atoms with Gasteiger partial charge in [-0.3, -0.25) is 9.59 Å². The molecule has 0 radical (unpaired) electrons. The Morgan fingerprint density at radius 1 is 1.03 bits per heavy atom. The Labute approximate surface area is 232 Å². The van der Waals surface area contributed by atoms with Gasteiger partial charge >= 0.3 is 0 Å². The predicted octanol–water partition coefficient (Wildman–Crippen LogP) is 4.69. The van der Waals surface area contributed by atoms with Crippen LogP contribution in [0.1, 0.15) is 67.8 Å². The summed E-state index contributed by atoms with van der Waals surface area (Å²) in [7, 11) is 0. The van der Waals surface area contributed by atoms with Gasteiger partial charge in [0.2, 0.25) is 5.91 Å². The number of carbonyl (C=O) groups is 2. The SMILES string of the molecule is CCOc1ccccc1C(=O)NCCN1CCC2(CCCCc3ccccc3OC[C@H]3CCCN3C2=O)CC1. The summed E-state index contributed by atoms with van der Waals surface area (Å²) in [6, 6.07) is 15.9. The van der Waals surface area contributed by atoms with Crippen LogP contribution in [0.3, 0.4) is 0 Å². The lowest BCUT2D eigenvalue weighted by atomic mass is 9.73. The molecule has 0 aliphatic carbocycles. The molecule has 2 aromatic rings. The first-order valence-electron chi connectivity index (χ1n) is 14.8. The molecule has 0 saturated carbocycles. The number of likely N-dealkylation sites (tertiary alicyclic amines) is 1. The standard InChI is InChI=1S/C32H43N3O4/c1-2-38-29-15-6-4-13-27(29)30(36)33-19-23-34-21-17-32(18-22-34)16-8-7-11-25-10-3-5-14-28(25)39-24-26-12-9-20-35(26)31(32)37/h3-6,10,13-15,26H,2,7-9,11-12,16-24H2,1H3,(H,33,36)/t26-/m1/s1. The maximum absolute atomic E-state index is 14.1. The number of benzene rings is 2. The Morgan fingerprint density at radius 2 is 1.82 bits per heavy atom. The molecular weight excluding hydrogens is 490 g/mol. The monoisotopic (exact) mass is 533 g/mol. The van der Waals surface area contributed by atoms with E-state index in [0.717, 1.165) is 83.3 Å². The van der Waals surface area contributed by atoms with E-state index in [2.05, 4.69) is 33.3 Å². The van der Waals surface area contributed by atoms with Gasteiger partial charge in [0.1, 0.15) is 18.1 Å². The van der Waals surface area contributed by atoms with Crippen molar-refractivity contribution in [1.82, 2.24) is 15.1 Å². The second-order valence-corrected chi connectivity index (χ2v) is 11.2. The van der Waals surface area contributed by atoms with Gasteiger partial charge in [-0.15, -0.1) is 0 Å². The Balaban J connectivity index is 1.19. The van der Waals surface area contributed by atoms with Gasteiger partial charge in [-0.25, -0.2) is 0 Å². The van der Waals surface area contributed by atoms with Gasteiger partial charge in [0.15, 0.2) is 0 Å². The Kier molecular flexibility index (Phi) is 9.07. The first-order chi connectivity index (χ1) is 19.1. The van der Waals surface area contributed by atoms with Gasteiger partial charge in [-0.1, -0.05) is 36.8 Å². The Morgan fingerprint density at radius 3 is 2.67 bits per heavy atom. The van der Waals surface area contributed by atoms with E-state index in [1.54, 1.807) is 6.07 Å². The summed E-state index contributed by atoms with van der Waals surface area (Å²) >= 11 is 0. The number of fused-ring (bicyclic) bond motifs is 2.